The number of hydrogen-bond acceptors (Lipinski definition) is 2. The summed E-state index contributed by atoms with van der Waals surface area (Å²) in [4.78, 5) is 0. The van der Waals surface area contributed by atoms with E-state index in [4.69, 9.17) is 5.73 Å². The Labute approximate surface area is 137 Å². The molecule has 0 saturated carbocycles. The van der Waals surface area contributed by atoms with Gasteiger partial charge in [0.05, 0.1) is 17.7 Å². The van der Waals surface area contributed by atoms with E-state index < -0.39 is 35.3 Å². The smallest absolute Gasteiger partial charge is 0.391 e. The standard InChI is InChI=1S/C16H15F4NO.ClH/c17-12-8-4-7-11(16(18,19)20)14(12)15(21)13(22)9-10-5-2-1-3-6-10;/h1-8,13,15,22H,9,21H2;1H/t13-,15-;/m1./s1. The fourth-order valence-electron chi connectivity index (χ4n) is 2.30. The molecule has 0 saturated heterocycles. The predicted octanol–water partition coefficient (Wildman–Crippen LogP) is 3.87. The third-order valence-corrected chi connectivity index (χ3v) is 3.39. The lowest BCUT2D eigenvalue weighted by molar-refractivity contribution is -0.138. The SMILES string of the molecule is Cl.N[C@@H](c1c(F)cccc1C(F)(F)F)[C@H](O)Cc1ccccc1. The normalized spacial score (nSPS) is 14.0. The predicted molar refractivity (Wildman–Crippen MR) is 81.7 cm³/mol. The molecule has 3 N–H and O–H groups in total. The number of aliphatic hydroxyl groups excluding tert-OH is 1. The summed E-state index contributed by atoms with van der Waals surface area (Å²) >= 11 is 0. The summed E-state index contributed by atoms with van der Waals surface area (Å²) in [5, 5.41) is 10.1. The first kappa shape index (κ1) is 19.4. The van der Waals surface area contributed by atoms with Crippen molar-refractivity contribution in [3.63, 3.8) is 0 Å². The Morgan fingerprint density at radius 3 is 2.17 bits per heavy atom. The fraction of sp³-hybridized carbons (Fsp3) is 0.250. The van der Waals surface area contributed by atoms with Crippen LogP contribution in [0.15, 0.2) is 48.5 Å². The molecule has 0 fully saturated rings. The molecule has 2 nitrogen and oxygen atoms in total. The van der Waals surface area contributed by atoms with E-state index in [9.17, 15) is 22.7 Å². The minimum absolute atomic E-state index is 0. The lowest BCUT2D eigenvalue weighted by Crippen LogP contribution is -2.31. The van der Waals surface area contributed by atoms with Gasteiger partial charge in [0.25, 0.3) is 0 Å². The van der Waals surface area contributed by atoms with Crippen LogP contribution in [0.3, 0.4) is 0 Å². The van der Waals surface area contributed by atoms with Crippen molar-refractivity contribution in [2.45, 2.75) is 24.7 Å². The Kier molecular flexibility index (Phi) is 6.56. The Morgan fingerprint density at radius 1 is 1.00 bits per heavy atom. The zero-order valence-corrected chi connectivity index (χ0v) is 12.7. The van der Waals surface area contributed by atoms with Crippen molar-refractivity contribution in [3.05, 3.63) is 71.0 Å². The molecule has 0 aliphatic carbocycles. The van der Waals surface area contributed by atoms with Gasteiger partial charge in [0.2, 0.25) is 0 Å². The van der Waals surface area contributed by atoms with Gasteiger partial charge in [-0.2, -0.15) is 13.2 Å². The van der Waals surface area contributed by atoms with Crippen LogP contribution < -0.4 is 5.73 Å². The molecule has 126 valence electrons. The third kappa shape index (κ3) is 4.67. The van der Waals surface area contributed by atoms with Gasteiger partial charge in [-0.1, -0.05) is 36.4 Å². The first-order valence-corrected chi connectivity index (χ1v) is 6.64. The maximum absolute atomic E-state index is 13.8. The van der Waals surface area contributed by atoms with Crippen molar-refractivity contribution in [1.82, 2.24) is 0 Å². The number of aliphatic hydroxyl groups is 1. The second-order valence-electron chi connectivity index (χ2n) is 4.98. The Balaban J connectivity index is 0.00000264. The molecule has 2 atom stereocenters. The second-order valence-corrected chi connectivity index (χ2v) is 4.98. The summed E-state index contributed by atoms with van der Waals surface area (Å²) in [7, 11) is 0. The average molecular weight is 350 g/mol. The first-order chi connectivity index (χ1) is 10.3. The summed E-state index contributed by atoms with van der Waals surface area (Å²) in [5.41, 5.74) is 4.53. The van der Waals surface area contributed by atoms with Crippen LogP contribution in [0, 0.1) is 5.82 Å². The van der Waals surface area contributed by atoms with Gasteiger partial charge in [-0.3, -0.25) is 0 Å². The van der Waals surface area contributed by atoms with Crippen LogP contribution in [0.1, 0.15) is 22.7 Å². The van der Waals surface area contributed by atoms with Crippen molar-refractivity contribution in [2.24, 2.45) is 5.73 Å². The Hall–Kier alpha value is -1.63. The highest BCUT2D eigenvalue weighted by Gasteiger charge is 2.37. The highest BCUT2D eigenvalue weighted by molar-refractivity contribution is 5.85. The second kappa shape index (κ2) is 7.77. The zero-order valence-electron chi connectivity index (χ0n) is 11.9. The molecule has 0 radical (unpaired) electrons. The van der Waals surface area contributed by atoms with Crippen molar-refractivity contribution < 1.29 is 22.7 Å². The molecular formula is C16H16ClF4NO. The number of alkyl halides is 3. The number of halogens is 5. The van der Waals surface area contributed by atoms with Crippen LogP contribution in [0.4, 0.5) is 17.6 Å². The summed E-state index contributed by atoms with van der Waals surface area (Å²) in [6.07, 6.45) is -6.03. The van der Waals surface area contributed by atoms with E-state index in [1.54, 1.807) is 30.3 Å². The molecular weight excluding hydrogens is 334 g/mol. The van der Waals surface area contributed by atoms with Crippen LogP contribution in [-0.2, 0) is 12.6 Å². The van der Waals surface area contributed by atoms with Crippen molar-refractivity contribution in [2.75, 3.05) is 0 Å². The molecule has 0 aliphatic rings. The molecule has 0 aromatic heterocycles. The van der Waals surface area contributed by atoms with E-state index in [1.165, 1.54) is 0 Å². The van der Waals surface area contributed by atoms with Gasteiger partial charge < -0.3 is 10.8 Å². The van der Waals surface area contributed by atoms with Crippen molar-refractivity contribution in [1.29, 1.82) is 0 Å². The lowest BCUT2D eigenvalue weighted by atomic mass is 9.92. The van der Waals surface area contributed by atoms with E-state index in [0.29, 0.717) is 5.56 Å². The van der Waals surface area contributed by atoms with Gasteiger partial charge in [0.15, 0.2) is 0 Å². The van der Waals surface area contributed by atoms with Crippen molar-refractivity contribution in [3.8, 4) is 0 Å². The molecule has 2 rings (SSSR count). The third-order valence-electron chi connectivity index (χ3n) is 3.39. The van der Waals surface area contributed by atoms with Crippen LogP contribution in [-0.4, -0.2) is 11.2 Å². The highest BCUT2D eigenvalue weighted by Crippen LogP contribution is 2.36. The molecule has 7 heteroatoms. The molecule has 0 unspecified atom stereocenters. The molecule has 0 amide bonds. The quantitative estimate of drug-likeness (QED) is 0.823. The maximum atomic E-state index is 13.8. The van der Waals surface area contributed by atoms with E-state index >= 15 is 0 Å². The van der Waals surface area contributed by atoms with Gasteiger partial charge in [0.1, 0.15) is 5.82 Å². The first-order valence-electron chi connectivity index (χ1n) is 6.64. The van der Waals surface area contributed by atoms with E-state index in [0.717, 1.165) is 18.2 Å². The van der Waals surface area contributed by atoms with Crippen LogP contribution in [0.5, 0.6) is 0 Å². The largest absolute Gasteiger partial charge is 0.416 e. The Bertz CT molecular complexity index is 634. The summed E-state index contributed by atoms with van der Waals surface area (Å²) in [5.74, 6) is -1.07. The molecule has 0 bridgehead atoms. The van der Waals surface area contributed by atoms with Crippen LogP contribution >= 0.6 is 12.4 Å². The number of rotatable bonds is 4. The van der Waals surface area contributed by atoms with Gasteiger partial charge in [-0.15, -0.1) is 12.4 Å². The van der Waals surface area contributed by atoms with Gasteiger partial charge in [-0.25, -0.2) is 4.39 Å². The molecule has 0 heterocycles. The average Bonchev–Trinajstić information content (AvgIpc) is 2.46. The molecule has 0 spiro atoms. The lowest BCUT2D eigenvalue weighted by Gasteiger charge is -2.23. The minimum atomic E-state index is -4.73. The topological polar surface area (TPSA) is 46.2 Å². The van der Waals surface area contributed by atoms with Gasteiger partial charge in [0, 0.05) is 12.0 Å². The summed E-state index contributed by atoms with van der Waals surface area (Å²) in [6, 6.07) is 9.82. The van der Waals surface area contributed by atoms with Crippen LogP contribution in [0.2, 0.25) is 0 Å². The zero-order chi connectivity index (χ0) is 16.3. The molecule has 2 aromatic carbocycles. The molecule has 23 heavy (non-hydrogen) atoms. The molecule has 0 aliphatic heterocycles. The van der Waals surface area contributed by atoms with E-state index in [1.807, 2.05) is 0 Å². The maximum Gasteiger partial charge on any atom is 0.416 e. The van der Waals surface area contributed by atoms with Gasteiger partial charge >= 0.3 is 6.18 Å². The minimum Gasteiger partial charge on any atom is -0.391 e. The van der Waals surface area contributed by atoms with Crippen LogP contribution in [0.25, 0.3) is 0 Å². The fourth-order valence-corrected chi connectivity index (χ4v) is 2.30. The number of benzene rings is 2. The highest BCUT2D eigenvalue weighted by atomic mass is 35.5. The van der Waals surface area contributed by atoms with E-state index in [2.05, 4.69) is 0 Å². The Morgan fingerprint density at radius 2 is 1.61 bits per heavy atom. The number of hydrogen-bond donors (Lipinski definition) is 2. The summed E-state index contributed by atoms with van der Waals surface area (Å²) < 4.78 is 52.8. The number of nitrogens with two attached hydrogens (primary N) is 1. The van der Waals surface area contributed by atoms with E-state index in [-0.39, 0.29) is 18.8 Å². The monoisotopic (exact) mass is 349 g/mol. The van der Waals surface area contributed by atoms with Crippen molar-refractivity contribution >= 4 is 12.4 Å². The molecule has 2 aromatic rings. The van der Waals surface area contributed by atoms with Gasteiger partial charge in [-0.05, 0) is 17.7 Å². The summed E-state index contributed by atoms with van der Waals surface area (Å²) in [6.45, 7) is 0.